The molecule has 0 spiro atoms. The smallest absolute Gasteiger partial charge is 0.126 e. The molecule has 1 rings (SSSR count). The van der Waals surface area contributed by atoms with E-state index in [0.717, 1.165) is 18.4 Å². The Balaban J connectivity index is 2.73. The Kier molecular flexibility index (Phi) is 3.47. The van der Waals surface area contributed by atoms with Gasteiger partial charge in [-0.2, -0.15) is 0 Å². The summed E-state index contributed by atoms with van der Waals surface area (Å²) in [6, 6.07) is 3.75. The van der Waals surface area contributed by atoms with Crippen LogP contribution in [0.5, 0.6) is 0 Å². The number of aromatic nitrogens is 1. The third kappa shape index (κ3) is 3.00. The molecule has 1 aromatic heterocycles. The van der Waals surface area contributed by atoms with Crippen molar-refractivity contribution in [3.8, 4) is 0 Å². The van der Waals surface area contributed by atoms with Crippen LogP contribution in [0.2, 0.25) is 0 Å². The largest absolute Gasteiger partial charge is 0.390 e. The molecule has 1 aromatic rings. The normalized spacial score (nSPS) is 15.1. The number of hydrogen-bond acceptors (Lipinski definition) is 3. The number of aliphatic hydroxyl groups is 1. The Morgan fingerprint density at radius 2 is 2.29 bits per heavy atom. The van der Waals surface area contributed by atoms with Crippen LogP contribution in [0.3, 0.4) is 0 Å². The van der Waals surface area contributed by atoms with Crippen molar-refractivity contribution in [3.63, 3.8) is 0 Å². The number of nitrogens with zero attached hydrogens (tertiary/aromatic N) is 1. The second-order valence-corrected chi connectivity index (χ2v) is 3.97. The van der Waals surface area contributed by atoms with E-state index in [0.29, 0.717) is 12.2 Å². The standard InChI is InChI=1S/C11H18N2O/c1-3-6-11(2,14)8-9-5-4-7-13-10(9)12/h4-5,7,14H,3,6,8H2,1-2H3,(H2,12,13). The lowest BCUT2D eigenvalue weighted by molar-refractivity contribution is 0.0506. The van der Waals surface area contributed by atoms with Crippen molar-refractivity contribution in [1.82, 2.24) is 4.98 Å². The van der Waals surface area contributed by atoms with Gasteiger partial charge in [-0.15, -0.1) is 0 Å². The molecule has 0 aliphatic carbocycles. The van der Waals surface area contributed by atoms with Crippen molar-refractivity contribution in [3.05, 3.63) is 23.9 Å². The molecule has 78 valence electrons. The van der Waals surface area contributed by atoms with E-state index in [2.05, 4.69) is 11.9 Å². The van der Waals surface area contributed by atoms with E-state index in [1.165, 1.54) is 0 Å². The third-order valence-corrected chi connectivity index (χ3v) is 2.29. The highest BCUT2D eigenvalue weighted by Crippen LogP contribution is 2.20. The van der Waals surface area contributed by atoms with Crippen molar-refractivity contribution < 1.29 is 5.11 Å². The SMILES string of the molecule is CCCC(C)(O)Cc1cccnc1N. The molecule has 0 saturated heterocycles. The third-order valence-electron chi connectivity index (χ3n) is 2.29. The van der Waals surface area contributed by atoms with Crippen LogP contribution in [0.25, 0.3) is 0 Å². The highest BCUT2D eigenvalue weighted by Gasteiger charge is 2.20. The summed E-state index contributed by atoms with van der Waals surface area (Å²) in [6.45, 7) is 3.89. The summed E-state index contributed by atoms with van der Waals surface area (Å²) < 4.78 is 0. The molecule has 3 nitrogen and oxygen atoms in total. The van der Waals surface area contributed by atoms with Crippen LogP contribution in [-0.4, -0.2) is 15.7 Å². The molecule has 0 fully saturated rings. The van der Waals surface area contributed by atoms with Crippen molar-refractivity contribution in [2.24, 2.45) is 0 Å². The summed E-state index contributed by atoms with van der Waals surface area (Å²) in [5, 5.41) is 10.0. The Bertz CT molecular complexity index is 297. The first-order valence-electron chi connectivity index (χ1n) is 4.97. The fourth-order valence-electron chi connectivity index (χ4n) is 1.64. The first-order valence-corrected chi connectivity index (χ1v) is 4.97. The molecule has 0 radical (unpaired) electrons. The van der Waals surface area contributed by atoms with Crippen LogP contribution in [0.4, 0.5) is 5.82 Å². The fourth-order valence-corrected chi connectivity index (χ4v) is 1.64. The number of hydrogen-bond donors (Lipinski definition) is 2. The second-order valence-electron chi connectivity index (χ2n) is 3.97. The van der Waals surface area contributed by atoms with Gasteiger partial charge < -0.3 is 10.8 Å². The quantitative estimate of drug-likeness (QED) is 0.767. The first kappa shape index (κ1) is 11.0. The lowest BCUT2D eigenvalue weighted by Crippen LogP contribution is -2.27. The summed E-state index contributed by atoms with van der Waals surface area (Å²) in [5.74, 6) is 0.517. The molecule has 1 heterocycles. The van der Waals surface area contributed by atoms with E-state index in [1.54, 1.807) is 6.20 Å². The Morgan fingerprint density at radius 3 is 2.86 bits per heavy atom. The van der Waals surface area contributed by atoms with Crippen LogP contribution < -0.4 is 5.73 Å². The van der Waals surface area contributed by atoms with E-state index < -0.39 is 5.60 Å². The van der Waals surface area contributed by atoms with E-state index >= 15 is 0 Å². The predicted molar refractivity (Wildman–Crippen MR) is 57.9 cm³/mol. The van der Waals surface area contributed by atoms with Crippen molar-refractivity contribution in [2.45, 2.75) is 38.7 Å². The number of rotatable bonds is 4. The summed E-state index contributed by atoms with van der Waals surface area (Å²) in [7, 11) is 0. The van der Waals surface area contributed by atoms with Crippen molar-refractivity contribution in [1.29, 1.82) is 0 Å². The van der Waals surface area contributed by atoms with Gasteiger partial charge in [0.1, 0.15) is 5.82 Å². The molecule has 14 heavy (non-hydrogen) atoms. The average molecular weight is 194 g/mol. The fraction of sp³-hybridized carbons (Fsp3) is 0.545. The summed E-state index contributed by atoms with van der Waals surface area (Å²) in [4.78, 5) is 3.99. The van der Waals surface area contributed by atoms with E-state index in [9.17, 15) is 5.11 Å². The molecular weight excluding hydrogens is 176 g/mol. The van der Waals surface area contributed by atoms with Gasteiger partial charge in [0.05, 0.1) is 5.60 Å². The molecule has 0 amide bonds. The van der Waals surface area contributed by atoms with Crippen LogP contribution in [0.15, 0.2) is 18.3 Å². The minimum atomic E-state index is -0.675. The lowest BCUT2D eigenvalue weighted by atomic mass is 9.92. The first-order chi connectivity index (χ1) is 6.55. The van der Waals surface area contributed by atoms with Gasteiger partial charge in [-0.3, -0.25) is 0 Å². The van der Waals surface area contributed by atoms with Gasteiger partial charge in [0.25, 0.3) is 0 Å². The van der Waals surface area contributed by atoms with Gasteiger partial charge in [-0.25, -0.2) is 4.98 Å². The van der Waals surface area contributed by atoms with Gasteiger partial charge in [-0.1, -0.05) is 19.4 Å². The maximum Gasteiger partial charge on any atom is 0.126 e. The van der Waals surface area contributed by atoms with Crippen LogP contribution in [0, 0.1) is 0 Å². The van der Waals surface area contributed by atoms with E-state index in [1.807, 2.05) is 19.1 Å². The molecule has 1 atom stereocenters. The Labute approximate surface area is 85.0 Å². The topological polar surface area (TPSA) is 59.1 Å². The van der Waals surface area contributed by atoms with Gasteiger partial charge in [0.2, 0.25) is 0 Å². The highest BCUT2D eigenvalue weighted by atomic mass is 16.3. The molecule has 0 aromatic carbocycles. The zero-order valence-electron chi connectivity index (χ0n) is 8.83. The predicted octanol–water partition coefficient (Wildman–Crippen LogP) is 1.76. The molecule has 3 heteroatoms. The zero-order valence-corrected chi connectivity index (χ0v) is 8.83. The van der Waals surface area contributed by atoms with Crippen LogP contribution in [0.1, 0.15) is 32.3 Å². The highest BCUT2D eigenvalue weighted by molar-refractivity contribution is 5.39. The molecule has 0 aliphatic rings. The summed E-state index contributed by atoms with van der Waals surface area (Å²) in [5.41, 5.74) is 5.95. The average Bonchev–Trinajstić information content (AvgIpc) is 2.08. The molecule has 1 unspecified atom stereocenters. The van der Waals surface area contributed by atoms with Gasteiger partial charge in [0.15, 0.2) is 0 Å². The maximum atomic E-state index is 10.0. The lowest BCUT2D eigenvalue weighted by Gasteiger charge is -2.22. The van der Waals surface area contributed by atoms with E-state index in [-0.39, 0.29) is 0 Å². The van der Waals surface area contributed by atoms with Crippen LogP contribution >= 0.6 is 0 Å². The number of nitrogens with two attached hydrogens (primary N) is 1. The molecule has 0 aliphatic heterocycles. The maximum absolute atomic E-state index is 10.0. The molecule has 0 bridgehead atoms. The van der Waals surface area contributed by atoms with Gasteiger partial charge in [0, 0.05) is 12.6 Å². The second kappa shape index (κ2) is 4.42. The molecule has 3 N–H and O–H groups in total. The minimum Gasteiger partial charge on any atom is -0.390 e. The monoisotopic (exact) mass is 194 g/mol. The summed E-state index contributed by atoms with van der Waals surface area (Å²) in [6.07, 6.45) is 3.97. The van der Waals surface area contributed by atoms with Crippen LogP contribution in [-0.2, 0) is 6.42 Å². The number of nitrogen functional groups attached to an aromatic ring is 1. The van der Waals surface area contributed by atoms with Gasteiger partial charge >= 0.3 is 0 Å². The van der Waals surface area contributed by atoms with Crippen molar-refractivity contribution in [2.75, 3.05) is 5.73 Å². The van der Waals surface area contributed by atoms with Crippen molar-refractivity contribution >= 4 is 5.82 Å². The number of pyridine rings is 1. The number of anilines is 1. The molecule has 0 saturated carbocycles. The van der Waals surface area contributed by atoms with E-state index in [4.69, 9.17) is 5.73 Å². The molecular formula is C11H18N2O. The van der Waals surface area contributed by atoms with Gasteiger partial charge in [-0.05, 0) is 25.0 Å². The Morgan fingerprint density at radius 1 is 1.57 bits per heavy atom. The minimum absolute atomic E-state index is 0.517. The Hall–Kier alpha value is -1.09. The summed E-state index contributed by atoms with van der Waals surface area (Å²) >= 11 is 0. The zero-order chi connectivity index (χ0) is 10.6.